The molecule has 0 amide bonds. The van der Waals surface area contributed by atoms with E-state index in [2.05, 4.69) is 16.8 Å². The molecule has 15 heavy (non-hydrogen) atoms. The monoisotopic (exact) mass is 200 g/mol. The molecule has 0 N–H and O–H groups in total. The molecule has 1 aromatic heterocycles. The molecule has 0 bridgehead atoms. The molecular formula is C11H8N2O2. The summed E-state index contributed by atoms with van der Waals surface area (Å²) in [4.78, 5) is 11.0. The van der Waals surface area contributed by atoms with Crippen LogP contribution in [0, 0.1) is 0 Å². The van der Waals surface area contributed by atoms with E-state index in [-0.39, 0.29) is 0 Å². The van der Waals surface area contributed by atoms with Crippen molar-refractivity contribution >= 4 is 16.9 Å². The van der Waals surface area contributed by atoms with Gasteiger partial charge in [0.25, 0.3) is 0 Å². The number of nitrogens with zero attached hydrogens (tertiary/aromatic N) is 2. The lowest BCUT2D eigenvalue weighted by Crippen LogP contribution is -2.04. The summed E-state index contributed by atoms with van der Waals surface area (Å²) in [5.74, 6) is -0.112. The summed E-state index contributed by atoms with van der Waals surface area (Å²) in [7, 11) is 0. The van der Waals surface area contributed by atoms with Gasteiger partial charge in [-0.15, -0.1) is 0 Å². The smallest absolute Gasteiger partial charge is 0.335 e. The summed E-state index contributed by atoms with van der Waals surface area (Å²) < 4.78 is 5.02. The molecule has 0 spiro atoms. The van der Waals surface area contributed by atoms with Gasteiger partial charge in [-0.05, 0) is 12.1 Å². The van der Waals surface area contributed by atoms with E-state index in [0.29, 0.717) is 11.3 Å². The van der Waals surface area contributed by atoms with Crippen LogP contribution in [0.4, 0.5) is 0 Å². The maximum Gasteiger partial charge on any atom is 0.335 e. The van der Waals surface area contributed by atoms with Crippen molar-refractivity contribution in [2.75, 3.05) is 0 Å². The molecule has 0 fully saturated rings. The predicted octanol–water partition coefficient (Wildman–Crippen LogP) is 1.72. The minimum Gasteiger partial charge on any atom is -0.421 e. The quantitative estimate of drug-likeness (QED) is 0.547. The Morgan fingerprint density at radius 2 is 2.20 bits per heavy atom. The second-order valence-corrected chi connectivity index (χ2v) is 2.85. The summed E-state index contributed by atoms with van der Waals surface area (Å²) in [5, 5.41) is 8.40. The van der Waals surface area contributed by atoms with Gasteiger partial charge in [-0.25, -0.2) is 4.79 Å². The molecule has 0 saturated heterocycles. The topological polar surface area (TPSA) is 52.1 Å². The van der Waals surface area contributed by atoms with Gasteiger partial charge in [0.15, 0.2) is 5.75 Å². The number of fused-ring (bicyclic) bond motifs is 1. The highest BCUT2D eigenvalue weighted by Crippen LogP contribution is 2.22. The van der Waals surface area contributed by atoms with Crippen LogP contribution in [0.3, 0.4) is 0 Å². The minimum absolute atomic E-state index is 0.394. The van der Waals surface area contributed by atoms with Crippen molar-refractivity contribution in [3.8, 4) is 5.75 Å². The number of esters is 1. The zero-order valence-corrected chi connectivity index (χ0v) is 7.88. The van der Waals surface area contributed by atoms with Crippen LogP contribution >= 0.6 is 0 Å². The van der Waals surface area contributed by atoms with Crippen molar-refractivity contribution in [1.29, 1.82) is 0 Å². The van der Waals surface area contributed by atoms with E-state index in [1.54, 1.807) is 6.07 Å². The van der Waals surface area contributed by atoms with Crippen LogP contribution in [-0.2, 0) is 4.79 Å². The Balaban J connectivity index is 2.51. The SMILES string of the molecule is C=CC(=O)Oc1cnnc2ccccc12. The zero-order chi connectivity index (χ0) is 10.7. The summed E-state index contributed by atoms with van der Waals surface area (Å²) in [5.41, 5.74) is 0.687. The lowest BCUT2D eigenvalue weighted by Gasteiger charge is -2.03. The molecule has 0 aliphatic heterocycles. The molecule has 0 radical (unpaired) electrons. The van der Waals surface area contributed by atoms with Crippen molar-refractivity contribution in [3.63, 3.8) is 0 Å². The van der Waals surface area contributed by atoms with Crippen LogP contribution in [0.1, 0.15) is 0 Å². The average molecular weight is 200 g/mol. The molecule has 1 heterocycles. The van der Waals surface area contributed by atoms with Crippen molar-refractivity contribution < 1.29 is 9.53 Å². The van der Waals surface area contributed by atoms with E-state index in [0.717, 1.165) is 11.5 Å². The number of rotatable bonds is 2. The van der Waals surface area contributed by atoms with Gasteiger partial charge in [-0.1, -0.05) is 18.7 Å². The number of hydrogen-bond acceptors (Lipinski definition) is 4. The van der Waals surface area contributed by atoms with E-state index < -0.39 is 5.97 Å². The van der Waals surface area contributed by atoms with Gasteiger partial charge in [-0.2, -0.15) is 10.2 Å². The third kappa shape index (κ3) is 1.83. The number of carbonyl (C=O) groups is 1. The number of ether oxygens (including phenoxy) is 1. The van der Waals surface area contributed by atoms with Gasteiger partial charge < -0.3 is 4.74 Å². The number of hydrogen-bond donors (Lipinski definition) is 0. The maximum absolute atomic E-state index is 11.0. The highest BCUT2D eigenvalue weighted by Gasteiger charge is 2.05. The van der Waals surface area contributed by atoms with E-state index >= 15 is 0 Å². The molecule has 0 aliphatic carbocycles. The van der Waals surface area contributed by atoms with Crippen molar-refractivity contribution in [3.05, 3.63) is 43.1 Å². The van der Waals surface area contributed by atoms with Crippen LogP contribution in [0.5, 0.6) is 5.75 Å². The first-order valence-corrected chi connectivity index (χ1v) is 4.36. The number of carbonyl (C=O) groups excluding carboxylic acids is 1. The normalized spacial score (nSPS) is 9.87. The minimum atomic E-state index is -0.506. The van der Waals surface area contributed by atoms with E-state index in [1.807, 2.05) is 18.2 Å². The van der Waals surface area contributed by atoms with Crippen molar-refractivity contribution in [1.82, 2.24) is 10.2 Å². The molecule has 0 atom stereocenters. The lowest BCUT2D eigenvalue weighted by molar-refractivity contribution is -0.128. The Bertz CT molecular complexity index is 517. The van der Waals surface area contributed by atoms with Crippen LogP contribution in [0.2, 0.25) is 0 Å². The van der Waals surface area contributed by atoms with Gasteiger partial charge in [0.2, 0.25) is 0 Å². The molecule has 2 rings (SSSR count). The maximum atomic E-state index is 11.0. The second-order valence-electron chi connectivity index (χ2n) is 2.85. The summed E-state index contributed by atoms with van der Waals surface area (Å²) in [6.07, 6.45) is 2.51. The molecule has 74 valence electrons. The molecule has 0 saturated carbocycles. The summed E-state index contributed by atoms with van der Waals surface area (Å²) >= 11 is 0. The van der Waals surface area contributed by atoms with Crippen LogP contribution in [0.15, 0.2) is 43.1 Å². The fraction of sp³-hybridized carbons (Fsp3) is 0. The fourth-order valence-electron chi connectivity index (χ4n) is 1.21. The van der Waals surface area contributed by atoms with Crippen LogP contribution in [-0.4, -0.2) is 16.2 Å². The zero-order valence-electron chi connectivity index (χ0n) is 7.88. The highest BCUT2D eigenvalue weighted by atomic mass is 16.5. The first-order chi connectivity index (χ1) is 7.31. The number of benzene rings is 1. The molecule has 1 aromatic carbocycles. The average Bonchev–Trinajstić information content (AvgIpc) is 2.29. The molecule has 4 heteroatoms. The summed E-state index contributed by atoms with van der Waals surface area (Å²) in [6, 6.07) is 7.30. The second kappa shape index (κ2) is 3.88. The van der Waals surface area contributed by atoms with Gasteiger partial charge in [0.05, 0.1) is 11.7 Å². The first-order valence-electron chi connectivity index (χ1n) is 4.36. The van der Waals surface area contributed by atoms with Crippen molar-refractivity contribution in [2.24, 2.45) is 0 Å². The molecule has 0 unspecified atom stereocenters. The van der Waals surface area contributed by atoms with Crippen LogP contribution < -0.4 is 4.74 Å². The highest BCUT2D eigenvalue weighted by molar-refractivity contribution is 5.89. The van der Waals surface area contributed by atoms with Gasteiger partial charge >= 0.3 is 5.97 Å². The van der Waals surface area contributed by atoms with Gasteiger partial charge in [0.1, 0.15) is 0 Å². The Hall–Kier alpha value is -2.23. The Morgan fingerprint density at radius 3 is 3.00 bits per heavy atom. The Labute approximate surface area is 86.2 Å². The van der Waals surface area contributed by atoms with E-state index in [9.17, 15) is 4.79 Å². The third-order valence-electron chi connectivity index (χ3n) is 1.89. The molecule has 2 aromatic rings. The molecular weight excluding hydrogens is 192 g/mol. The predicted molar refractivity (Wildman–Crippen MR) is 55.4 cm³/mol. The molecule has 4 nitrogen and oxygen atoms in total. The number of aromatic nitrogens is 2. The Kier molecular flexibility index (Phi) is 2.41. The fourth-order valence-corrected chi connectivity index (χ4v) is 1.21. The van der Waals surface area contributed by atoms with E-state index in [4.69, 9.17) is 4.74 Å². The standard InChI is InChI=1S/C11H8N2O2/c1-2-11(14)15-10-7-12-13-9-6-4-3-5-8(9)10/h2-7H,1H2. The third-order valence-corrected chi connectivity index (χ3v) is 1.89. The largest absolute Gasteiger partial charge is 0.421 e. The van der Waals surface area contributed by atoms with Gasteiger partial charge in [0, 0.05) is 11.5 Å². The van der Waals surface area contributed by atoms with E-state index in [1.165, 1.54) is 6.20 Å². The first kappa shape index (κ1) is 9.33. The summed E-state index contributed by atoms with van der Waals surface area (Å²) in [6.45, 7) is 3.33. The Morgan fingerprint density at radius 1 is 1.40 bits per heavy atom. The lowest BCUT2D eigenvalue weighted by atomic mass is 10.2. The van der Waals surface area contributed by atoms with Crippen molar-refractivity contribution in [2.45, 2.75) is 0 Å². The molecule has 0 aliphatic rings. The van der Waals surface area contributed by atoms with Gasteiger partial charge in [-0.3, -0.25) is 0 Å². The van der Waals surface area contributed by atoms with Crippen LogP contribution in [0.25, 0.3) is 10.9 Å².